The summed E-state index contributed by atoms with van der Waals surface area (Å²) < 4.78 is 30.5. The van der Waals surface area contributed by atoms with Crippen LogP contribution in [0.15, 0.2) is 48.5 Å². The molecule has 24 heavy (non-hydrogen) atoms. The van der Waals surface area contributed by atoms with Crippen LogP contribution in [0.4, 0.5) is 14.5 Å². The van der Waals surface area contributed by atoms with Crippen molar-refractivity contribution in [1.29, 1.82) is 0 Å². The molecule has 124 valence electrons. The van der Waals surface area contributed by atoms with Gasteiger partial charge in [-0.15, -0.1) is 0 Å². The van der Waals surface area contributed by atoms with Crippen molar-refractivity contribution >= 4 is 35.2 Å². The van der Waals surface area contributed by atoms with E-state index in [0.29, 0.717) is 10.6 Å². The van der Waals surface area contributed by atoms with E-state index in [0.717, 1.165) is 18.2 Å². The highest BCUT2D eigenvalue weighted by molar-refractivity contribution is 6.32. The van der Waals surface area contributed by atoms with Gasteiger partial charge in [-0.05, 0) is 29.8 Å². The molecular weight excluding hydrogens is 340 g/mol. The van der Waals surface area contributed by atoms with E-state index in [1.807, 2.05) is 0 Å². The van der Waals surface area contributed by atoms with Crippen molar-refractivity contribution in [3.63, 3.8) is 0 Å². The van der Waals surface area contributed by atoms with Crippen molar-refractivity contribution in [3.05, 3.63) is 70.8 Å². The number of hydrogen-bond donors (Lipinski definition) is 1. The molecule has 0 aliphatic carbocycles. The number of nitrogens with one attached hydrogen (secondary N) is 1. The van der Waals surface area contributed by atoms with E-state index in [1.54, 1.807) is 24.3 Å². The van der Waals surface area contributed by atoms with Gasteiger partial charge in [-0.3, -0.25) is 4.79 Å². The molecule has 0 aliphatic heterocycles. The zero-order chi connectivity index (χ0) is 17.5. The van der Waals surface area contributed by atoms with Crippen LogP contribution in [0, 0.1) is 11.6 Å². The normalized spacial score (nSPS) is 10.6. The number of halogens is 3. The molecule has 4 nitrogen and oxygen atoms in total. The fourth-order valence-electron chi connectivity index (χ4n) is 1.72. The van der Waals surface area contributed by atoms with Crippen molar-refractivity contribution in [2.24, 2.45) is 0 Å². The van der Waals surface area contributed by atoms with Crippen LogP contribution >= 0.6 is 11.6 Å². The van der Waals surface area contributed by atoms with Gasteiger partial charge in [-0.2, -0.15) is 0 Å². The van der Waals surface area contributed by atoms with Gasteiger partial charge in [0, 0.05) is 22.9 Å². The summed E-state index contributed by atoms with van der Waals surface area (Å²) in [5.74, 6) is -3.53. The van der Waals surface area contributed by atoms with E-state index in [4.69, 9.17) is 16.3 Å². The number of amides is 1. The second-order valence-corrected chi connectivity index (χ2v) is 5.05. The number of esters is 1. The van der Waals surface area contributed by atoms with E-state index in [1.165, 1.54) is 12.1 Å². The first kappa shape index (κ1) is 17.6. The predicted octanol–water partition coefficient (Wildman–Crippen LogP) is 3.81. The second-order valence-electron chi connectivity index (χ2n) is 4.64. The first-order valence-corrected chi connectivity index (χ1v) is 7.18. The molecule has 1 amide bonds. The lowest BCUT2D eigenvalue weighted by atomic mass is 10.2. The summed E-state index contributed by atoms with van der Waals surface area (Å²) in [5.41, 5.74) is 0.684. The Morgan fingerprint density at radius 3 is 2.58 bits per heavy atom. The Labute approximate surface area is 141 Å². The zero-order valence-electron chi connectivity index (χ0n) is 12.3. The van der Waals surface area contributed by atoms with Gasteiger partial charge in [0.1, 0.15) is 0 Å². The third-order valence-corrected chi connectivity index (χ3v) is 3.20. The minimum absolute atomic E-state index is 0.0570. The molecule has 0 atom stereocenters. The number of hydrogen-bond acceptors (Lipinski definition) is 3. The lowest BCUT2D eigenvalue weighted by Gasteiger charge is -2.05. The lowest BCUT2D eigenvalue weighted by Crippen LogP contribution is -2.20. The maximum absolute atomic E-state index is 13.0. The summed E-state index contributed by atoms with van der Waals surface area (Å²) in [6, 6.07) is 9.78. The molecule has 0 saturated heterocycles. The SMILES string of the molecule is O=C(COC(=O)/C=C/c1ccccc1Cl)Nc1ccc(F)c(F)c1. The molecule has 0 spiro atoms. The monoisotopic (exact) mass is 351 g/mol. The fraction of sp³-hybridized carbons (Fsp3) is 0.0588. The quantitative estimate of drug-likeness (QED) is 0.658. The number of benzene rings is 2. The molecule has 0 aromatic heterocycles. The molecule has 0 radical (unpaired) electrons. The first-order valence-electron chi connectivity index (χ1n) is 6.80. The van der Waals surface area contributed by atoms with Crippen molar-refractivity contribution in [3.8, 4) is 0 Å². The van der Waals surface area contributed by atoms with Gasteiger partial charge in [0.25, 0.3) is 5.91 Å². The smallest absolute Gasteiger partial charge is 0.331 e. The number of carbonyl (C=O) groups excluding carboxylic acids is 2. The summed E-state index contributed by atoms with van der Waals surface area (Å²) >= 11 is 5.92. The van der Waals surface area contributed by atoms with Gasteiger partial charge in [0.15, 0.2) is 18.2 Å². The van der Waals surface area contributed by atoms with Crippen molar-refractivity contribution in [2.75, 3.05) is 11.9 Å². The molecule has 0 bridgehead atoms. The van der Waals surface area contributed by atoms with Gasteiger partial charge in [0.2, 0.25) is 0 Å². The zero-order valence-corrected chi connectivity index (χ0v) is 13.0. The standard InChI is InChI=1S/C17H12ClF2NO3/c18-13-4-2-1-3-11(13)5-8-17(23)24-10-16(22)21-12-6-7-14(19)15(20)9-12/h1-9H,10H2,(H,21,22)/b8-5+. The molecule has 2 aromatic carbocycles. The Morgan fingerprint density at radius 1 is 1.12 bits per heavy atom. The number of rotatable bonds is 5. The molecule has 1 N–H and O–H groups in total. The molecular formula is C17H12ClF2NO3. The van der Waals surface area contributed by atoms with Gasteiger partial charge >= 0.3 is 5.97 Å². The number of ether oxygens (including phenoxy) is 1. The van der Waals surface area contributed by atoms with Crippen LogP contribution in [-0.4, -0.2) is 18.5 Å². The maximum Gasteiger partial charge on any atom is 0.331 e. The lowest BCUT2D eigenvalue weighted by molar-refractivity contribution is -0.142. The number of carbonyl (C=O) groups is 2. The molecule has 0 unspecified atom stereocenters. The van der Waals surface area contributed by atoms with Crippen molar-refractivity contribution in [2.45, 2.75) is 0 Å². The van der Waals surface area contributed by atoms with E-state index in [-0.39, 0.29) is 5.69 Å². The van der Waals surface area contributed by atoms with Crippen LogP contribution in [0.2, 0.25) is 5.02 Å². The number of anilines is 1. The largest absolute Gasteiger partial charge is 0.452 e. The molecule has 0 saturated carbocycles. The Balaban J connectivity index is 1.84. The summed E-state index contributed by atoms with van der Waals surface area (Å²) in [5, 5.41) is 2.75. The highest BCUT2D eigenvalue weighted by Crippen LogP contribution is 2.16. The van der Waals surface area contributed by atoms with Gasteiger partial charge in [0.05, 0.1) is 0 Å². The molecule has 7 heteroatoms. The highest BCUT2D eigenvalue weighted by Gasteiger charge is 2.08. The minimum Gasteiger partial charge on any atom is -0.452 e. The van der Waals surface area contributed by atoms with E-state index in [2.05, 4.69) is 5.32 Å². The molecule has 0 fully saturated rings. The molecule has 2 aromatic rings. The van der Waals surface area contributed by atoms with Crippen LogP contribution in [0.5, 0.6) is 0 Å². The van der Waals surface area contributed by atoms with Crippen molar-refractivity contribution < 1.29 is 23.1 Å². The first-order chi connectivity index (χ1) is 11.5. The van der Waals surface area contributed by atoms with Gasteiger partial charge in [-0.1, -0.05) is 29.8 Å². The summed E-state index contributed by atoms with van der Waals surface area (Å²) in [4.78, 5) is 23.1. The topological polar surface area (TPSA) is 55.4 Å². The Morgan fingerprint density at radius 2 is 1.88 bits per heavy atom. The fourth-order valence-corrected chi connectivity index (χ4v) is 1.92. The second kappa shape index (κ2) is 8.21. The van der Waals surface area contributed by atoms with Crippen LogP contribution in [0.25, 0.3) is 6.08 Å². The Kier molecular flexibility index (Phi) is 6.03. The van der Waals surface area contributed by atoms with Crippen LogP contribution in [0.3, 0.4) is 0 Å². The minimum atomic E-state index is -1.09. The maximum atomic E-state index is 13.0. The van der Waals surface area contributed by atoms with Crippen LogP contribution < -0.4 is 5.32 Å². The Hall–Kier alpha value is -2.73. The summed E-state index contributed by atoms with van der Waals surface area (Å²) in [6.45, 7) is -0.565. The Bertz CT molecular complexity index is 793. The van der Waals surface area contributed by atoms with Crippen molar-refractivity contribution in [1.82, 2.24) is 0 Å². The summed E-state index contributed by atoms with van der Waals surface area (Å²) in [6.07, 6.45) is 2.59. The van der Waals surface area contributed by atoms with E-state index < -0.39 is 30.1 Å². The van der Waals surface area contributed by atoms with Crippen LogP contribution in [0.1, 0.15) is 5.56 Å². The average Bonchev–Trinajstić information content (AvgIpc) is 2.55. The third kappa shape index (κ3) is 5.17. The van der Waals surface area contributed by atoms with Gasteiger partial charge < -0.3 is 10.1 Å². The predicted molar refractivity (Wildman–Crippen MR) is 86.4 cm³/mol. The van der Waals surface area contributed by atoms with E-state index >= 15 is 0 Å². The molecule has 0 aliphatic rings. The van der Waals surface area contributed by atoms with E-state index in [9.17, 15) is 18.4 Å². The average molecular weight is 352 g/mol. The molecule has 0 heterocycles. The molecule has 2 rings (SSSR count). The summed E-state index contributed by atoms with van der Waals surface area (Å²) in [7, 11) is 0. The van der Waals surface area contributed by atoms with Crippen LogP contribution in [-0.2, 0) is 14.3 Å². The van der Waals surface area contributed by atoms with Gasteiger partial charge in [-0.25, -0.2) is 13.6 Å². The highest BCUT2D eigenvalue weighted by atomic mass is 35.5. The third-order valence-electron chi connectivity index (χ3n) is 2.85.